The number of hydrogen-bond donors (Lipinski definition) is 1. The van der Waals surface area contributed by atoms with Crippen molar-refractivity contribution < 1.29 is 14.6 Å². The van der Waals surface area contributed by atoms with Crippen LogP contribution in [0.5, 0.6) is 0 Å². The number of benzene rings is 1. The standard InChI is InChI=1S/C35H54O3/c1-6-27(38-32(36)25-11-9-8-10-12-25)15-13-24(3)29-17-18-30-28-16-14-26-23-35(37,7-2)22-21-33(26,4)31(28)19-20-34(29,30)5/h8-12,24,26-31,37H,6-7,13-23H2,1-5H3/t24-,26+,27?,28+,29-,30+,31+,33+,34-,35+/m1/s1. The topological polar surface area (TPSA) is 46.5 Å². The number of ether oxygens (including phenoxy) is 1. The number of fused-ring (bicyclic) bond motifs is 5. The van der Waals surface area contributed by atoms with Gasteiger partial charge in [0.05, 0.1) is 11.2 Å². The normalized spacial score (nSPS) is 41.9. The molecule has 1 aromatic rings. The van der Waals surface area contributed by atoms with Gasteiger partial charge in [-0.05, 0) is 142 Å². The van der Waals surface area contributed by atoms with Crippen LogP contribution in [0.3, 0.4) is 0 Å². The molecule has 212 valence electrons. The minimum atomic E-state index is -0.403. The summed E-state index contributed by atoms with van der Waals surface area (Å²) in [5.74, 6) is 4.61. The monoisotopic (exact) mass is 522 g/mol. The molecule has 0 saturated heterocycles. The summed E-state index contributed by atoms with van der Waals surface area (Å²) in [6, 6.07) is 9.43. The van der Waals surface area contributed by atoms with Crippen molar-refractivity contribution in [2.45, 2.75) is 130 Å². The Morgan fingerprint density at radius 2 is 1.68 bits per heavy atom. The molecule has 10 atom stereocenters. The molecule has 3 heteroatoms. The van der Waals surface area contributed by atoms with E-state index in [0.717, 1.165) is 62.2 Å². The second kappa shape index (κ2) is 10.9. The third-order valence-corrected chi connectivity index (χ3v) is 12.9. The molecule has 38 heavy (non-hydrogen) atoms. The van der Waals surface area contributed by atoms with Gasteiger partial charge in [0.15, 0.2) is 0 Å². The number of carbonyl (C=O) groups excluding carboxylic acids is 1. The smallest absolute Gasteiger partial charge is 0.338 e. The average molecular weight is 523 g/mol. The molecule has 3 nitrogen and oxygen atoms in total. The molecule has 1 N–H and O–H groups in total. The van der Waals surface area contributed by atoms with Crippen LogP contribution in [-0.4, -0.2) is 22.8 Å². The lowest BCUT2D eigenvalue weighted by atomic mass is 9.43. The average Bonchev–Trinajstić information content (AvgIpc) is 3.29. The Labute approximate surface area is 232 Å². The molecule has 4 aliphatic carbocycles. The summed E-state index contributed by atoms with van der Waals surface area (Å²) in [5, 5.41) is 11.1. The van der Waals surface area contributed by atoms with Crippen molar-refractivity contribution in [3.63, 3.8) is 0 Å². The van der Waals surface area contributed by atoms with E-state index in [1.165, 1.54) is 44.9 Å². The van der Waals surface area contributed by atoms with Crippen molar-refractivity contribution in [2.24, 2.45) is 46.3 Å². The highest BCUT2D eigenvalue weighted by molar-refractivity contribution is 5.89. The molecule has 5 rings (SSSR count). The van der Waals surface area contributed by atoms with Gasteiger partial charge in [0.2, 0.25) is 0 Å². The zero-order chi connectivity index (χ0) is 27.1. The van der Waals surface area contributed by atoms with Crippen LogP contribution in [0.4, 0.5) is 0 Å². The summed E-state index contributed by atoms with van der Waals surface area (Å²) in [4.78, 5) is 12.6. The predicted octanol–water partition coefficient (Wildman–Crippen LogP) is 8.84. The van der Waals surface area contributed by atoms with Crippen LogP contribution in [0.1, 0.15) is 128 Å². The van der Waals surface area contributed by atoms with Crippen molar-refractivity contribution in [1.29, 1.82) is 0 Å². The Balaban J connectivity index is 1.21. The van der Waals surface area contributed by atoms with Gasteiger partial charge in [-0.2, -0.15) is 0 Å². The van der Waals surface area contributed by atoms with Crippen LogP contribution in [0.2, 0.25) is 0 Å². The summed E-state index contributed by atoms with van der Waals surface area (Å²) in [6.45, 7) is 12.1. The molecule has 0 aromatic heterocycles. The molecule has 1 aromatic carbocycles. The van der Waals surface area contributed by atoms with E-state index in [4.69, 9.17) is 4.74 Å². The molecular weight excluding hydrogens is 468 g/mol. The Morgan fingerprint density at radius 3 is 2.39 bits per heavy atom. The van der Waals surface area contributed by atoms with Crippen molar-refractivity contribution >= 4 is 5.97 Å². The third-order valence-electron chi connectivity index (χ3n) is 12.9. The van der Waals surface area contributed by atoms with Gasteiger partial charge in [0.1, 0.15) is 6.10 Å². The van der Waals surface area contributed by atoms with Gasteiger partial charge in [-0.1, -0.05) is 52.8 Å². The van der Waals surface area contributed by atoms with E-state index in [1.54, 1.807) is 0 Å². The maximum absolute atomic E-state index is 12.6. The summed E-state index contributed by atoms with van der Waals surface area (Å²) in [5.41, 5.74) is 1.15. The Morgan fingerprint density at radius 1 is 0.947 bits per heavy atom. The van der Waals surface area contributed by atoms with Gasteiger partial charge >= 0.3 is 5.97 Å². The van der Waals surface area contributed by atoms with Gasteiger partial charge in [0, 0.05) is 0 Å². The van der Waals surface area contributed by atoms with Gasteiger partial charge in [-0.15, -0.1) is 0 Å². The fourth-order valence-electron chi connectivity index (χ4n) is 10.4. The third kappa shape index (κ3) is 4.99. The molecule has 0 bridgehead atoms. The first-order valence-corrected chi connectivity index (χ1v) is 16.1. The van der Waals surface area contributed by atoms with E-state index in [-0.39, 0.29) is 12.1 Å². The van der Waals surface area contributed by atoms with Crippen molar-refractivity contribution in [3.8, 4) is 0 Å². The molecule has 4 fully saturated rings. The van der Waals surface area contributed by atoms with Gasteiger partial charge in [-0.3, -0.25) is 0 Å². The zero-order valence-corrected chi connectivity index (χ0v) is 24.9. The largest absolute Gasteiger partial charge is 0.459 e. The fraction of sp³-hybridized carbons (Fsp3) is 0.800. The summed E-state index contributed by atoms with van der Waals surface area (Å²) < 4.78 is 5.93. The molecule has 4 aliphatic rings. The van der Waals surface area contributed by atoms with Gasteiger partial charge in [-0.25, -0.2) is 4.79 Å². The lowest BCUT2D eigenvalue weighted by Crippen LogP contribution is -2.56. The van der Waals surface area contributed by atoms with Crippen LogP contribution < -0.4 is 0 Å². The summed E-state index contributed by atoms with van der Waals surface area (Å²) in [6.07, 6.45) is 15.5. The van der Waals surface area contributed by atoms with Crippen LogP contribution in [0.15, 0.2) is 30.3 Å². The Kier molecular flexibility index (Phi) is 8.09. The lowest BCUT2D eigenvalue weighted by molar-refractivity contribution is -0.152. The maximum Gasteiger partial charge on any atom is 0.338 e. The first-order chi connectivity index (χ1) is 18.1. The predicted molar refractivity (Wildman–Crippen MR) is 155 cm³/mol. The highest BCUT2D eigenvalue weighted by Crippen LogP contribution is 2.69. The maximum atomic E-state index is 12.6. The minimum Gasteiger partial charge on any atom is -0.459 e. The zero-order valence-electron chi connectivity index (χ0n) is 24.9. The Hall–Kier alpha value is -1.35. The SMILES string of the molecule is CCC(CC[C@@H](C)[C@H]1CC[C@H]2[C@@H]3CC[C@H]4C[C@](O)(CC)CC[C@]4(C)[C@H]3CC[C@]12C)OC(=O)c1ccccc1. The molecule has 0 amide bonds. The minimum absolute atomic E-state index is 0.00851. The number of rotatable bonds is 8. The van der Waals surface area contributed by atoms with Gasteiger partial charge < -0.3 is 9.84 Å². The molecule has 4 saturated carbocycles. The molecule has 0 aliphatic heterocycles. The second-order valence-corrected chi connectivity index (χ2v) is 14.5. The molecule has 0 spiro atoms. The molecule has 0 radical (unpaired) electrons. The molecule has 1 unspecified atom stereocenters. The number of hydrogen-bond acceptors (Lipinski definition) is 3. The summed E-state index contributed by atoms with van der Waals surface area (Å²) in [7, 11) is 0. The van der Waals surface area contributed by atoms with Crippen molar-refractivity contribution in [2.75, 3.05) is 0 Å². The lowest BCUT2D eigenvalue weighted by Gasteiger charge is -2.62. The van der Waals surface area contributed by atoms with Crippen LogP contribution >= 0.6 is 0 Å². The van der Waals surface area contributed by atoms with Crippen molar-refractivity contribution in [1.82, 2.24) is 0 Å². The van der Waals surface area contributed by atoms with E-state index in [9.17, 15) is 9.90 Å². The fourth-order valence-corrected chi connectivity index (χ4v) is 10.4. The van der Waals surface area contributed by atoms with Crippen LogP contribution in [0.25, 0.3) is 0 Å². The van der Waals surface area contributed by atoms with E-state index < -0.39 is 5.60 Å². The van der Waals surface area contributed by atoms with E-state index >= 15 is 0 Å². The van der Waals surface area contributed by atoms with Crippen LogP contribution in [0, 0.1) is 46.3 Å². The number of esters is 1. The van der Waals surface area contributed by atoms with E-state index in [0.29, 0.717) is 28.2 Å². The highest BCUT2D eigenvalue weighted by atomic mass is 16.5. The molecular formula is C35H54O3. The second-order valence-electron chi connectivity index (χ2n) is 14.5. The van der Waals surface area contributed by atoms with E-state index in [2.05, 4.69) is 34.6 Å². The Bertz CT molecular complexity index is 959. The summed E-state index contributed by atoms with van der Waals surface area (Å²) >= 11 is 0. The quantitative estimate of drug-likeness (QED) is 0.347. The first-order valence-electron chi connectivity index (χ1n) is 16.1. The van der Waals surface area contributed by atoms with Crippen LogP contribution in [-0.2, 0) is 4.74 Å². The van der Waals surface area contributed by atoms with E-state index in [1.807, 2.05) is 30.3 Å². The highest BCUT2D eigenvalue weighted by Gasteiger charge is 2.61. The van der Waals surface area contributed by atoms with Crippen molar-refractivity contribution in [3.05, 3.63) is 35.9 Å². The molecule has 0 heterocycles. The van der Waals surface area contributed by atoms with Gasteiger partial charge in [0.25, 0.3) is 0 Å². The number of aliphatic hydroxyl groups is 1. The first kappa shape index (κ1) is 28.2. The number of carbonyl (C=O) groups is 1.